The predicted octanol–water partition coefficient (Wildman–Crippen LogP) is 6.59. The summed E-state index contributed by atoms with van der Waals surface area (Å²) in [7, 11) is 0. The van der Waals surface area contributed by atoms with Crippen molar-refractivity contribution in [3.63, 3.8) is 0 Å². The lowest BCUT2D eigenvalue weighted by Crippen LogP contribution is -2.51. The van der Waals surface area contributed by atoms with Crippen LogP contribution in [0.15, 0.2) is 109 Å². The average molecular weight is 545 g/mol. The second-order valence-corrected chi connectivity index (χ2v) is 11.0. The number of rotatable bonds is 4. The normalized spacial score (nSPS) is 24.1. The molecule has 3 heterocycles. The number of ketones is 2. The first-order chi connectivity index (χ1) is 19.4. The van der Waals surface area contributed by atoms with Crippen LogP contribution in [0.1, 0.15) is 38.8 Å². The fourth-order valence-electron chi connectivity index (χ4n) is 6.95. The maximum absolute atomic E-state index is 14.7. The number of nitrogens with zero attached hydrogens (tertiary/aromatic N) is 1. The summed E-state index contributed by atoms with van der Waals surface area (Å²) in [6, 6.07) is 29.6. The fraction of sp³-hybridized carbons (Fsp3) is 0.147. The van der Waals surface area contributed by atoms with Crippen molar-refractivity contribution in [2.24, 2.45) is 5.92 Å². The summed E-state index contributed by atoms with van der Waals surface area (Å²) in [6.45, 7) is 2.02. The Hall–Kier alpha value is -4.48. The standard InChI is InChI=1S/C34H25ClN2O3/c1-20-19-28-34(25-12-6-7-13-26(25)36-33(34)40)29(31(38)21-9-3-2-4-10-21)30(32(39)22-15-17-23(35)18-16-22)37(28)27-14-8-5-11-24(20)27/h2-19,28-30H,1H3,(H,36,40). The molecule has 3 aliphatic heterocycles. The van der Waals surface area contributed by atoms with Crippen molar-refractivity contribution in [1.29, 1.82) is 0 Å². The third-order valence-corrected chi connectivity index (χ3v) is 8.87. The first-order valence-corrected chi connectivity index (χ1v) is 13.7. The second-order valence-electron chi connectivity index (χ2n) is 10.6. The number of carbonyl (C=O) groups excluding carboxylic acids is 3. The average Bonchev–Trinajstić information content (AvgIpc) is 3.45. The molecule has 7 rings (SSSR count). The van der Waals surface area contributed by atoms with Gasteiger partial charge in [0.25, 0.3) is 0 Å². The number of para-hydroxylation sites is 2. The number of benzene rings is 4. The van der Waals surface area contributed by atoms with E-state index in [9.17, 15) is 14.4 Å². The van der Waals surface area contributed by atoms with Crippen molar-refractivity contribution in [1.82, 2.24) is 0 Å². The van der Waals surface area contributed by atoms with Gasteiger partial charge in [0, 0.05) is 33.1 Å². The van der Waals surface area contributed by atoms with Gasteiger partial charge in [0.1, 0.15) is 11.5 Å². The van der Waals surface area contributed by atoms with Crippen molar-refractivity contribution < 1.29 is 14.4 Å². The summed E-state index contributed by atoms with van der Waals surface area (Å²) >= 11 is 6.17. The van der Waals surface area contributed by atoms with E-state index in [4.69, 9.17) is 11.6 Å². The molecule has 6 heteroatoms. The molecule has 1 N–H and O–H groups in total. The Morgan fingerprint density at radius 1 is 0.800 bits per heavy atom. The minimum Gasteiger partial charge on any atom is -0.352 e. The van der Waals surface area contributed by atoms with Crippen LogP contribution in [0.4, 0.5) is 11.4 Å². The van der Waals surface area contributed by atoms with Gasteiger partial charge in [-0.25, -0.2) is 0 Å². The maximum atomic E-state index is 14.7. The Morgan fingerprint density at radius 3 is 2.23 bits per heavy atom. The summed E-state index contributed by atoms with van der Waals surface area (Å²) in [4.78, 5) is 45.7. The molecule has 1 fully saturated rings. The van der Waals surface area contributed by atoms with E-state index in [1.807, 2.05) is 66.4 Å². The molecule has 4 atom stereocenters. The van der Waals surface area contributed by atoms with Crippen molar-refractivity contribution in [3.05, 3.63) is 136 Å². The number of Topliss-reactive ketones (excluding diaryl/α,β-unsaturated/α-hetero) is 2. The number of allylic oxidation sites excluding steroid dienone is 1. The second kappa shape index (κ2) is 9.04. The summed E-state index contributed by atoms with van der Waals surface area (Å²) in [5, 5.41) is 3.58. The predicted molar refractivity (Wildman–Crippen MR) is 157 cm³/mol. The highest BCUT2D eigenvalue weighted by molar-refractivity contribution is 6.30. The molecule has 3 aliphatic rings. The van der Waals surface area contributed by atoms with Crippen molar-refractivity contribution in [3.8, 4) is 0 Å². The minimum absolute atomic E-state index is 0.229. The largest absolute Gasteiger partial charge is 0.352 e. The van der Waals surface area contributed by atoms with Gasteiger partial charge in [0.15, 0.2) is 11.6 Å². The maximum Gasteiger partial charge on any atom is 0.238 e. The molecule has 0 bridgehead atoms. The van der Waals surface area contributed by atoms with Crippen molar-refractivity contribution >= 4 is 46.0 Å². The molecule has 4 aromatic carbocycles. The highest BCUT2D eigenvalue weighted by Crippen LogP contribution is 2.58. The van der Waals surface area contributed by atoms with Crippen LogP contribution in [0, 0.1) is 5.92 Å². The van der Waals surface area contributed by atoms with Gasteiger partial charge in [0.2, 0.25) is 5.91 Å². The van der Waals surface area contributed by atoms with Gasteiger partial charge in [-0.3, -0.25) is 14.4 Å². The molecule has 1 spiro atoms. The lowest BCUT2D eigenvalue weighted by molar-refractivity contribution is -0.121. The number of anilines is 2. The molecule has 40 heavy (non-hydrogen) atoms. The van der Waals surface area contributed by atoms with Crippen molar-refractivity contribution in [2.75, 3.05) is 10.2 Å². The quantitative estimate of drug-likeness (QED) is 0.294. The Morgan fingerprint density at radius 2 is 1.45 bits per heavy atom. The monoisotopic (exact) mass is 544 g/mol. The number of fused-ring (bicyclic) bond motifs is 6. The highest BCUT2D eigenvalue weighted by atomic mass is 35.5. The van der Waals surface area contributed by atoms with E-state index in [0.29, 0.717) is 21.8 Å². The van der Waals surface area contributed by atoms with Crippen molar-refractivity contribution in [2.45, 2.75) is 24.4 Å². The van der Waals surface area contributed by atoms with Gasteiger partial charge in [0.05, 0.1) is 12.0 Å². The first kappa shape index (κ1) is 24.6. The molecule has 1 saturated heterocycles. The number of hydrogen-bond donors (Lipinski definition) is 1. The molecule has 0 saturated carbocycles. The third kappa shape index (κ3) is 3.31. The lowest BCUT2D eigenvalue weighted by Gasteiger charge is -2.39. The number of halogens is 1. The molecule has 196 valence electrons. The fourth-order valence-corrected chi connectivity index (χ4v) is 7.08. The Kier molecular flexibility index (Phi) is 5.55. The van der Waals surface area contributed by atoms with Crippen LogP contribution in [0.25, 0.3) is 5.57 Å². The molecule has 4 aromatic rings. The van der Waals surface area contributed by atoms with Crippen LogP contribution in [0.2, 0.25) is 5.02 Å². The smallest absolute Gasteiger partial charge is 0.238 e. The van der Waals surface area contributed by atoms with E-state index in [1.54, 1.807) is 48.5 Å². The van der Waals surface area contributed by atoms with Gasteiger partial charge in [-0.05, 0) is 54.5 Å². The minimum atomic E-state index is -1.33. The summed E-state index contributed by atoms with van der Waals surface area (Å²) in [5.74, 6) is -1.74. The summed E-state index contributed by atoms with van der Waals surface area (Å²) < 4.78 is 0. The Bertz CT molecular complexity index is 1730. The molecule has 5 nitrogen and oxygen atoms in total. The SMILES string of the molecule is CC1=CC2N(c3ccccc31)C(C(=O)c1ccc(Cl)cc1)C(C(=O)c1ccccc1)C21C(=O)Nc2ccccc21. The number of hydrogen-bond acceptors (Lipinski definition) is 4. The van der Waals surface area contributed by atoms with Crippen LogP contribution in [-0.2, 0) is 10.2 Å². The van der Waals surface area contributed by atoms with E-state index in [2.05, 4.69) is 11.4 Å². The zero-order chi connectivity index (χ0) is 27.6. The molecule has 1 amide bonds. The van der Waals surface area contributed by atoms with E-state index in [-0.39, 0.29) is 17.5 Å². The third-order valence-electron chi connectivity index (χ3n) is 8.62. The van der Waals surface area contributed by atoms with Crippen LogP contribution < -0.4 is 10.2 Å². The zero-order valence-electron chi connectivity index (χ0n) is 21.7. The van der Waals surface area contributed by atoms with Gasteiger partial charge in [-0.2, -0.15) is 0 Å². The Labute approximate surface area is 237 Å². The van der Waals surface area contributed by atoms with Gasteiger partial charge in [-0.15, -0.1) is 0 Å². The molecular formula is C34H25ClN2O3. The number of carbonyl (C=O) groups is 3. The zero-order valence-corrected chi connectivity index (χ0v) is 22.4. The van der Waals surface area contributed by atoms with Crippen LogP contribution in [-0.4, -0.2) is 29.6 Å². The number of amides is 1. The van der Waals surface area contributed by atoms with E-state index in [0.717, 1.165) is 22.4 Å². The van der Waals surface area contributed by atoms with Gasteiger partial charge in [-0.1, -0.05) is 84.4 Å². The van der Waals surface area contributed by atoms with Gasteiger partial charge >= 0.3 is 0 Å². The topological polar surface area (TPSA) is 66.5 Å². The highest BCUT2D eigenvalue weighted by Gasteiger charge is 2.70. The molecule has 0 radical (unpaired) electrons. The van der Waals surface area contributed by atoms with Gasteiger partial charge < -0.3 is 10.2 Å². The first-order valence-electron chi connectivity index (χ1n) is 13.3. The lowest BCUT2D eigenvalue weighted by atomic mass is 9.64. The molecule has 4 unspecified atom stereocenters. The summed E-state index contributed by atoms with van der Waals surface area (Å²) in [5.41, 5.74) is 3.78. The van der Waals surface area contributed by atoms with Crippen LogP contribution >= 0.6 is 11.6 Å². The molecule has 0 aliphatic carbocycles. The van der Waals surface area contributed by atoms with E-state index < -0.39 is 23.4 Å². The van der Waals surface area contributed by atoms with Crippen LogP contribution in [0.3, 0.4) is 0 Å². The van der Waals surface area contributed by atoms with E-state index >= 15 is 0 Å². The summed E-state index contributed by atoms with van der Waals surface area (Å²) in [6.07, 6.45) is 2.06. The van der Waals surface area contributed by atoms with E-state index in [1.165, 1.54) is 0 Å². The number of nitrogens with one attached hydrogen (secondary N) is 1. The Balaban J connectivity index is 1.56. The molecule has 0 aromatic heterocycles. The van der Waals surface area contributed by atoms with Crippen LogP contribution in [0.5, 0.6) is 0 Å². The molecular weight excluding hydrogens is 520 g/mol.